The van der Waals surface area contributed by atoms with E-state index in [1.165, 1.54) is 12.1 Å². The molecule has 3 aromatic carbocycles. The summed E-state index contributed by atoms with van der Waals surface area (Å²) < 4.78 is 14.9. The minimum Gasteiger partial charge on any atom is -0.392 e. The summed E-state index contributed by atoms with van der Waals surface area (Å²) in [6.45, 7) is 1.88. The van der Waals surface area contributed by atoms with Gasteiger partial charge in [0.25, 0.3) is 5.91 Å². The molecule has 4 aromatic rings. The Morgan fingerprint density at radius 2 is 1.80 bits per heavy atom. The topological polar surface area (TPSA) is 67.2 Å². The summed E-state index contributed by atoms with van der Waals surface area (Å²) in [7, 11) is 0. The van der Waals surface area contributed by atoms with E-state index in [9.17, 15) is 14.3 Å². The standard InChI is InChI=1S/C24H20FN3O2/c1-16-5-7-18(8-6-16)23-22(14-28(27-23)21-11-9-19(25)10-12-21)24(30)26-20-4-2-3-17(13-20)15-29/h2-14,29H,15H2,1H3,(H,26,30). The predicted octanol–water partition coefficient (Wildman–Crippen LogP) is 4.73. The minimum absolute atomic E-state index is 0.110. The van der Waals surface area contributed by atoms with E-state index in [4.69, 9.17) is 0 Å². The van der Waals surface area contributed by atoms with Gasteiger partial charge in [0.05, 0.1) is 17.9 Å². The lowest BCUT2D eigenvalue weighted by Gasteiger charge is -2.07. The molecule has 0 atom stereocenters. The number of aryl methyl sites for hydroxylation is 1. The number of hydrogen-bond acceptors (Lipinski definition) is 3. The van der Waals surface area contributed by atoms with E-state index in [1.54, 1.807) is 47.3 Å². The van der Waals surface area contributed by atoms with Crippen molar-refractivity contribution < 1.29 is 14.3 Å². The van der Waals surface area contributed by atoms with Crippen molar-refractivity contribution in [1.29, 1.82) is 0 Å². The van der Waals surface area contributed by atoms with Crippen molar-refractivity contribution in [2.75, 3.05) is 5.32 Å². The Morgan fingerprint density at radius 3 is 2.50 bits per heavy atom. The van der Waals surface area contributed by atoms with Gasteiger partial charge in [-0.3, -0.25) is 4.79 Å². The largest absolute Gasteiger partial charge is 0.392 e. The quantitative estimate of drug-likeness (QED) is 0.508. The van der Waals surface area contributed by atoms with Gasteiger partial charge in [-0.25, -0.2) is 9.07 Å². The third-order valence-corrected chi connectivity index (χ3v) is 4.74. The number of nitrogens with one attached hydrogen (secondary N) is 1. The summed E-state index contributed by atoms with van der Waals surface area (Å²) in [5.41, 5.74) is 4.74. The van der Waals surface area contributed by atoms with Crippen LogP contribution in [0.5, 0.6) is 0 Å². The van der Waals surface area contributed by atoms with Gasteiger partial charge in [-0.05, 0) is 48.9 Å². The Balaban J connectivity index is 1.75. The number of halogens is 1. The van der Waals surface area contributed by atoms with Crippen LogP contribution in [-0.4, -0.2) is 20.8 Å². The molecule has 30 heavy (non-hydrogen) atoms. The molecular formula is C24H20FN3O2. The van der Waals surface area contributed by atoms with Gasteiger partial charge in [0.15, 0.2) is 0 Å². The average molecular weight is 401 g/mol. The molecule has 0 aliphatic heterocycles. The highest BCUT2D eigenvalue weighted by atomic mass is 19.1. The number of aliphatic hydroxyl groups is 1. The second kappa shape index (κ2) is 8.31. The van der Waals surface area contributed by atoms with E-state index >= 15 is 0 Å². The van der Waals surface area contributed by atoms with Crippen molar-refractivity contribution in [2.24, 2.45) is 0 Å². The zero-order valence-electron chi connectivity index (χ0n) is 16.3. The lowest BCUT2D eigenvalue weighted by molar-refractivity contribution is 0.102. The van der Waals surface area contributed by atoms with Crippen LogP contribution in [0.2, 0.25) is 0 Å². The molecular weight excluding hydrogens is 381 g/mol. The van der Waals surface area contributed by atoms with Crippen LogP contribution in [0.4, 0.5) is 10.1 Å². The summed E-state index contributed by atoms with van der Waals surface area (Å²) >= 11 is 0. The number of carbonyl (C=O) groups excluding carboxylic acids is 1. The number of rotatable bonds is 5. The number of hydrogen-bond donors (Lipinski definition) is 2. The lowest BCUT2D eigenvalue weighted by atomic mass is 10.1. The molecule has 0 unspecified atom stereocenters. The molecule has 0 saturated heterocycles. The Hall–Kier alpha value is -3.77. The van der Waals surface area contributed by atoms with Crippen LogP contribution in [0.15, 0.2) is 79.0 Å². The van der Waals surface area contributed by atoms with Gasteiger partial charge in [0, 0.05) is 17.4 Å². The molecule has 1 amide bonds. The van der Waals surface area contributed by atoms with Crippen LogP contribution in [0.1, 0.15) is 21.5 Å². The maximum Gasteiger partial charge on any atom is 0.259 e. The predicted molar refractivity (Wildman–Crippen MR) is 114 cm³/mol. The fourth-order valence-corrected chi connectivity index (χ4v) is 3.14. The molecule has 0 aliphatic carbocycles. The second-order valence-corrected chi connectivity index (χ2v) is 6.99. The van der Waals surface area contributed by atoms with Crippen LogP contribution in [0.3, 0.4) is 0 Å². The number of aliphatic hydroxyl groups excluding tert-OH is 1. The van der Waals surface area contributed by atoms with Gasteiger partial charge < -0.3 is 10.4 Å². The number of carbonyl (C=O) groups is 1. The molecule has 0 saturated carbocycles. The van der Waals surface area contributed by atoms with Crippen LogP contribution in [0.25, 0.3) is 16.9 Å². The first kappa shape index (κ1) is 19.5. The molecule has 0 bridgehead atoms. The molecule has 5 nitrogen and oxygen atoms in total. The van der Waals surface area contributed by atoms with Crippen LogP contribution in [0, 0.1) is 12.7 Å². The average Bonchev–Trinajstić information content (AvgIpc) is 3.20. The molecule has 2 N–H and O–H groups in total. The summed E-state index contributed by atoms with van der Waals surface area (Å²) in [6.07, 6.45) is 1.63. The van der Waals surface area contributed by atoms with E-state index in [1.807, 2.05) is 31.2 Å². The number of nitrogens with zero attached hydrogens (tertiary/aromatic N) is 2. The molecule has 0 spiro atoms. The molecule has 4 rings (SSSR count). The molecule has 0 radical (unpaired) electrons. The number of aromatic nitrogens is 2. The molecule has 0 fully saturated rings. The second-order valence-electron chi connectivity index (χ2n) is 6.99. The van der Waals surface area contributed by atoms with Crippen molar-refractivity contribution in [3.8, 4) is 16.9 Å². The van der Waals surface area contributed by atoms with Gasteiger partial charge >= 0.3 is 0 Å². The number of anilines is 1. The molecule has 6 heteroatoms. The van der Waals surface area contributed by atoms with Crippen molar-refractivity contribution in [3.63, 3.8) is 0 Å². The Kier molecular flexibility index (Phi) is 5.41. The van der Waals surface area contributed by atoms with E-state index in [2.05, 4.69) is 10.4 Å². The number of amides is 1. The Labute approximate surface area is 173 Å². The minimum atomic E-state index is -0.341. The van der Waals surface area contributed by atoms with Gasteiger partial charge in [-0.1, -0.05) is 42.0 Å². The fourth-order valence-electron chi connectivity index (χ4n) is 3.14. The summed E-state index contributed by atoms with van der Waals surface area (Å²) in [5.74, 6) is -0.666. The van der Waals surface area contributed by atoms with E-state index in [0.29, 0.717) is 28.2 Å². The Morgan fingerprint density at radius 1 is 1.07 bits per heavy atom. The first-order valence-electron chi connectivity index (χ1n) is 9.47. The highest BCUT2D eigenvalue weighted by Crippen LogP contribution is 2.25. The van der Waals surface area contributed by atoms with Crippen LogP contribution >= 0.6 is 0 Å². The zero-order chi connectivity index (χ0) is 21.1. The van der Waals surface area contributed by atoms with Gasteiger partial charge in [0.1, 0.15) is 11.5 Å². The lowest BCUT2D eigenvalue weighted by Crippen LogP contribution is -2.12. The van der Waals surface area contributed by atoms with Gasteiger partial charge in [-0.2, -0.15) is 5.10 Å². The van der Waals surface area contributed by atoms with E-state index in [-0.39, 0.29) is 18.3 Å². The first-order chi connectivity index (χ1) is 14.5. The molecule has 150 valence electrons. The van der Waals surface area contributed by atoms with Crippen LogP contribution < -0.4 is 5.32 Å². The first-order valence-corrected chi connectivity index (χ1v) is 9.47. The summed E-state index contributed by atoms with van der Waals surface area (Å²) in [6, 6.07) is 20.7. The van der Waals surface area contributed by atoms with Crippen molar-refractivity contribution in [2.45, 2.75) is 13.5 Å². The normalized spacial score (nSPS) is 10.8. The fraction of sp³-hybridized carbons (Fsp3) is 0.0833. The summed E-state index contributed by atoms with van der Waals surface area (Å²) in [4.78, 5) is 13.1. The third-order valence-electron chi connectivity index (χ3n) is 4.74. The SMILES string of the molecule is Cc1ccc(-c2nn(-c3ccc(F)cc3)cc2C(=O)Nc2cccc(CO)c2)cc1. The van der Waals surface area contributed by atoms with Crippen molar-refractivity contribution in [3.05, 3.63) is 102 Å². The Bertz CT molecular complexity index is 1180. The highest BCUT2D eigenvalue weighted by molar-refractivity contribution is 6.08. The highest BCUT2D eigenvalue weighted by Gasteiger charge is 2.19. The monoisotopic (exact) mass is 401 g/mol. The molecule has 1 aromatic heterocycles. The third kappa shape index (κ3) is 4.14. The van der Waals surface area contributed by atoms with Gasteiger partial charge in [0.2, 0.25) is 0 Å². The maximum absolute atomic E-state index is 13.3. The number of benzene rings is 3. The van der Waals surface area contributed by atoms with Gasteiger partial charge in [-0.15, -0.1) is 0 Å². The van der Waals surface area contributed by atoms with Crippen molar-refractivity contribution >= 4 is 11.6 Å². The molecule has 0 aliphatic rings. The summed E-state index contributed by atoms with van der Waals surface area (Å²) in [5, 5.41) is 16.8. The smallest absolute Gasteiger partial charge is 0.259 e. The van der Waals surface area contributed by atoms with E-state index < -0.39 is 0 Å². The molecule has 1 heterocycles. The van der Waals surface area contributed by atoms with E-state index in [0.717, 1.165) is 11.1 Å². The zero-order valence-corrected chi connectivity index (χ0v) is 16.3. The van der Waals surface area contributed by atoms with Crippen LogP contribution in [-0.2, 0) is 6.61 Å². The maximum atomic E-state index is 13.3. The van der Waals surface area contributed by atoms with Crippen molar-refractivity contribution in [1.82, 2.24) is 9.78 Å².